The highest BCUT2D eigenvalue weighted by Gasteiger charge is 2.47. The number of ether oxygens (including phenoxy) is 1. The Morgan fingerprint density at radius 3 is 2.57 bits per heavy atom. The lowest BCUT2D eigenvalue weighted by molar-refractivity contribution is -0.134. The van der Waals surface area contributed by atoms with E-state index >= 15 is 0 Å². The molecule has 1 aromatic rings. The second-order valence-corrected chi connectivity index (χ2v) is 6.56. The van der Waals surface area contributed by atoms with Gasteiger partial charge in [0.1, 0.15) is 0 Å². The minimum atomic E-state index is -0.0522. The zero-order valence-electron chi connectivity index (χ0n) is 13.0. The van der Waals surface area contributed by atoms with Gasteiger partial charge in [-0.15, -0.1) is 0 Å². The summed E-state index contributed by atoms with van der Waals surface area (Å²) in [5.41, 5.74) is 1.41. The van der Waals surface area contributed by atoms with Gasteiger partial charge in [0, 0.05) is 25.8 Å². The Kier molecular flexibility index (Phi) is 4.03. The quantitative estimate of drug-likeness (QED) is 0.836. The van der Waals surface area contributed by atoms with Crippen molar-refractivity contribution in [2.75, 3.05) is 19.8 Å². The van der Waals surface area contributed by atoms with Gasteiger partial charge in [0.2, 0.25) is 5.91 Å². The molecule has 0 bridgehead atoms. The van der Waals surface area contributed by atoms with Crippen LogP contribution in [-0.4, -0.2) is 36.6 Å². The number of benzene rings is 1. The summed E-state index contributed by atoms with van der Waals surface area (Å²) in [5.74, 6) is 0.223. The average molecular weight is 287 g/mol. The first-order valence-corrected chi connectivity index (χ1v) is 8.07. The Bertz CT molecular complexity index is 493. The van der Waals surface area contributed by atoms with Crippen LogP contribution in [0.15, 0.2) is 30.3 Å². The lowest BCUT2D eigenvalue weighted by Gasteiger charge is -2.39. The van der Waals surface area contributed by atoms with E-state index in [9.17, 15) is 4.79 Å². The number of likely N-dealkylation sites (tertiary alicyclic amines) is 1. The smallest absolute Gasteiger partial charge is 0.230 e. The van der Waals surface area contributed by atoms with Crippen molar-refractivity contribution in [2.45, 2.75) is 45.1 Å². The van der Waals surface area contributed by atoms with Gasteiger partial charge in [0.25, 0.3) is 0 Å². The second kappa shape index (κ2) is 5.80. The summed E-state index contributed by atoms with van der Waals surface area (Å²) in [7, 11) is 0. The summed E-state index contributed by atoms with van der Waals surface area (Å²) in [4.78, 5) is 15.0. The van der Waals surface area contributed by atoms with Gasteiger partial charge in [-0.2, -0.15) is 0 Å². The van der Waals surface area contributed by atoms with Crippen molar-refractivity contribution >= 4 is 5.91 Å². The van der Waals surface area contributed by atoms with Crippen LogP contribution in [0.3, 0.4) is 0 Å². The van der Waals surface area contributed by atoms with Crippen molar-refractivity contribution in [2.24, 2.45) is 5.41 Å². The Labute approximate surface area is 127 Å². The monoisotopic (exact) mass is 287 g/mol. The first kappa shape index (κ1) is 14.6. The number of hydrogen-bond donors (Lipinski definition) is 0. The van der Waals surface area contributed by atoms with Crippen LogP contribution in [0.5, 0.6) is 0 Å². The van der Waals surface area contributed by atoms with Crippen molar-refractivity contribution in [1.29, 1.82) is 0 Å². The van der Waals surface area contributed by atoms with Gasteiger partial charge in [-0.3, -0.25) is 4.79 Å². The number of hydrogen-bond acceptors (Lipinski definition) is 2. The Morgan fingerprint density at radius 2 is 1.90 bits per heavy atom. The fourth-order valence-corrected chi connectivity index (χ4v) is 3.96. The zero-order valence-corrected chi connectivity index (χ0v) is 13.0. The molecule has 0 N–H and O–H groups in total. The molecule has 2 saturated heterocycles. The molecule has 2 atom stereocenters. The molecule has 0 radical (unpaired) electrons. The molecule has 2 fully saturated rings. The highest BCUT2D eigenvalue weighted by Crippen LogP contribution is 2.45. The maximum atomic E-state index is 12.9. The van der Waals surface area contributed by atoms with Gasteiger partial charge in [0.15, 0.2) is 0 Å². The first-order valence-electron chi connectivity index (χ1n) is 8.07. The van der Waals surface area contributed by atoms with E-state index in [4.69, 9.17) is 4.74 Å². The largest absolute Gasteiger partial charge is 0.381 e. The summed E-state index contributed by atoms with van der Waals surface area (Å²) >= 11 is 0. The van der Waals surface area contributed by atoms with E-state index in [0.29, 0.717) is 11.5 Å². The highest BCUT2D eigenvalue weighted by atomic mass is 16.5. The standard InChI is InChI=1S/C18H25NO2/c1-14(16-6-4-3-5-7-16)17(20)19-11-8-18(15(19)2)9-12-21-13-10-18/h3-7,14-15H,8-13H2,1-2H3/t14-,15+/m1/s1. The minimum absolute atomic E-state index is 0.0522. The van der Waals surface area contributed by atoms with Crippen LogP contribution in [-0.2, 0) is 9.53 Å². The Hall–Kier alpha value is -1.35. The third-order valence-electron chi connectivity index (χ3n) is 5.65. The molecule has 2 heterocycles. The SMILES string of the molecule is C[C@@H]1N(C(=O)[C@H](C)c2ccccc2)CCC12CCOCC2. The van der Waals surface area contributed by atoms with Gasteiger partial charge in [0.05, 0.1) is 5.92 Å². The van der Waals surface area contributed by atoms with E-state index in [2.05, 4.69) is 11.8 Å². The third kappa shape index (κ3) is 2.59. The first-order chi connectivity index (χ1) is 10.1. The van der Waals surface area contributed by atoms with E-state index < -0.39 is 0 Å². The lowest BCUT2D eigenvalue weighted by atomic mass is 9.74. The second-order valence-electron chi connectivity index (χ2n) is 6.56. The van der Waals surface area contributed by atoms with Crippen LogP contribution < -0.4 is 0 Å². The van der Waals surface area contributed by atoms with Gasteiger partial charge >= 0.3 is 0 Å². The molecule has 0 saturated carbocycles. The molecule has 2 aliphatic heterocycles. The predicted molar refractivity (Wildman–Crippen MR) is 83.1 cm³/mol. The van der Waals surface area contributed by atoms with E-state index in [1.54, 1.807) is 0 Å². The molecule has 3 heteroatoms. The summed E-state index contributed by atoms with van der Waals surface area (Å²) in [6.45, 7) is 6.85. The van der Waals surface area contributed by atoms with Crippen molar-refractivity contribution < 1.29 is 9.53 Å². The molecule has 114 valence electrons. The molecule has 0 aliphatic carbocycles. The van der Waals surface area contributed by atoms with Crippen molar-refractivity contribution in [1.82, 2.24) is 4.90 Å². The molecule has 0 aromatic heterocycles. The molecule has 3 nitrogen and oxygen atoms in total. The molecule has 2 aliphatic rings. The summed E-state index contributed by atoms with van der Waals surface area (Å²) < 4.78 is 5.51. The number of nitrogens with zero attached hydrogens (tertiary/aromatic N) is 1. The van der Waals surface area contributed by atoms with Crippen LogP contribution in [0.25, 0.3) is 0 Å². The summed E-state index contributed by atoms with van der Waals surface area (Å²) in [6, 6.07) is 10.4. The number of carbonyl (C=O) groups excluding carboxylic acids is 1. The normalized spacial score (nSPS) is 26.0. The fraction of sp³-hybridized carbons (Fsp3) is 0.611. The van der Waals surface area contributed by atoms with Crippen molar-refractivity contribution in [3.8, 4) is 0 Å². The van der Waals surface area contributed by atoms with E-state index in [-0.39, 0.29) is 11.8 Å². The van der Waals surface area contributed by atoms with Crippen LogP contribution >= 0.6 is 0 Å². The average Bonchev–Trinajstić information content (AvgIpc) is 2.84. The molecule has 3 rings (SSSR count). The van der Waals surface area contributed by atoms with E-state index in [0.717, 1.165) is 44.6 Å². The maximum absolute atomic E-state index is 12.9. The molecular weight excluding hydrogens is 262 g/mol. The van der Waals surface area contributed by atoms with Crippen LogP contribution in [0.2, 0.25) is 0 Å². The van der Waals surface area contributed by atoms with Crippen LogP contribution in [0.1, 0.15) is 44.6 Å². The van der Waals surface area contributed by atoms with Gasteiger partial charge in [-0.25, -0.2) is 0 Å². The lowest BCUT2D eigenvalue weighted by Crippen LogP contribution is -2.44. The van der Waals surface area contributed by atoms with Gasteiger partial charge in [-0.1, -0.05) is 30.3 Å². The number of carbonyl (C=O) groups is 1. The Morgan fingerprint density at radius 1 is 1.24 bits per heavy atom. The summed E-state index contributed by atoms with van der Waals surface area (Å²) in [6.07, 6.45) is 3.32. The third-order valence-corrected chi connectivity index (χ3v) is 5.65. The topological polar surface area (TPSA) is 29.5 Å². The van der Waals surface area contributed by atoms with E-state index in [1.807, 2.05) is 37.3 Å². The molecule has 1 aromatic carbocycles. The zero-order chi connectivity index (χ0) is 14.9. The number of rotatable bonds is 2. The van der Waals surface area contributed by atoms with Crippen molar-refractivity contribution in [3.05, 3.63) is 35.9 Å². The van der Waals surface area contributed by atoms with Gasteiger partial charge < -0.3 is 9.64 Å². The molecule has 21 heavy (non-hydrogen) atoms. The van der Waals surface area contributed by atoms with Crippen LogP contribution in [0, 0.1) is 5.41 Å². The molecule has 0 unspecified atom stereocenters. The molecule has 1 spiro atoms. The predicted octanol–water partition coefficient (Wildman–Crippen LogP) is 3.21. The highest BCUT2D eigenvalue weighted by molar-refractivity contribution is 5.84. The van der Waals surface area contributed by atoms with Crippen molar-refractivity contribution in [3.63, 3.8) is 0 Å². The maximum Gasteiger partial charge on any atom is 0.230 e. The number of amides is 1. The fourth-order valence-electron chi connectivity index (χ4n) is 3.96. The van der Waals surface area contributed by atoms with Gasteiger partial charge in [-0.05, 0) is 44.1 Å². The summed E-state index contributed by atoms with van der Waals surface area (Å²) in [5, 5.41) is 0. The molecule has 1 amide bonds. The minimum Gasteiger partial charge on any atom is -0.381 e. The van der Waals surface area contributed by atoms with E-state index in [1.165, 1.54) is 0 Å². The Balaban J connectivity index is 1.74. The van der Waals surface area contributed by atoms with Crippen LogP contribution in [0.4, 0.5) is 0 Å². The molecular formula is C18H25NO2.